The molecule has 1 aliphatic heterocycles. The van der Waals surface area contributed by atoms with Gasteiger partial charge in [-0.2, -0.15) is 0 Å². The fraction of sp³-hybridized carbons (Fsp3) is 0.273. The second-order valence-electron chi connectivity index (χ2n) is 3.82. The minimum absolute atomic E-state index is 0.227. The molecule has 4 nitrogen and oxygen atoms in total. The number of hydrogen-bond donors (Lipinski definition) is 1. The van der Waals surface area contributed by atoms with Gasteiger partial charge in [-0.25, -0.2) is 0 Å². The Bertz CT molecular complexity index is 475. The van der Waals surface area contributed by atoms with Gasteiger partial charge in [0, 0.05) is 0 Å². The predicted molar refractivity (Wildman–Crippen MR) is 63.5 cm³/mol. The Kier molecular flexibility index (Phi) is 3.12. The van der Waals surface area contributed by atoms with Gasteiger partial charge in [0.2, 0.25) is 0 Å². The zero-order chi connectivity index (χ0) is 12.7. The average Bonchev–Trinajstić information content (AvgIpc) is 2.52. The summed E-state index contributed by atoms with van der Waals surface area (Å²) in [5.74, 6) is -0.907. The van der Waals surface area contributed by atoms with Crippen LogP contribution in [0.5, 0.6) is 0 Å². The van der Waals surface area contributed by atoms with Crippen LogP contribution in [0, 0.1) is 0 Å². The van der Waals surface area contributed by atoms with Gasteiger partial charge in [0.05, 0.1) is 33.8 Å². The lowest BCUT2D eigenvalue weighted by molar-refractivity contribution is 0.0537. The molecule has 1 unspecified atom stereocenters. The Hall–Kier alpha value is -1.10. The number of aliphatic hydroxyl groups excluding tert-OH is 1. The third-order valence-corrected chi connectivity index (χ3v) is 3.39. The van der Waals surface area contributed by atoms with Crippen molar-refractivity contribution < 1.29 is 14.7 Å². The van der Waals surface area contributed by atoms with Crippen LogP contribution in [0.1, 0.15) is 27.6 Å². The molecule has 0 radical (unpaired) electrons. The number of amides is 2. The van der Waals surface area contributed by atoms with E-state index in [1.807, 2.05) is 0 Å². The van der Waals surface area contributed by atoms with Gasteiger partial charge >= 0.3 is 0 Å². The minimum Gasteiger partial charge on any atom is -0.394 e. The number of rotatable bonds is 2. The smallest absolute Gasteiger partial charge is 0.261 e. The number of carbonyl (C=O) groups excluding carboxylic acids is 2. The van der Waals surface area contributed by atoms with Crippen molar-refractivity contribution in [3.63, 3.8) is 0 Å². The molecule has 1 aromatic carbocycles. The summed E-state index contributed by atoms with van der Waals surface area (Å²) >= 11 is 11.6. The molecule has 17 heavy (non-hydrogen) atoms. The standard InChI is InChI=1S/C11H9Cl2NO3/c1-5(4-15)14-10(16)6-2-8(12)9(13)3-7(6)11(14)17/h2-3,5,15H,4H2,1H3. The first-order valence-electron chi connectivity index (χ1n) is 4.95. The molecule has 0 aromatic heterocycles. The van der Waals surface area contributed by atoms with Crippen molar-refractivity contribution in [3.05, 3.63) is 33.3 Å². The molecule has 6 heteroatoms. The Labute approximate surface area is 108 Å². The topological polar surface area (TPSA) is 57.6 Å². The summed E-state index contributed by atoms with van der Waals surface area (Å²) in [6.07, 6.45) is 0. The van der Waals surface area contributed by atoms with E-state index in [-0.39, 0.29) is 27.8 Å². The van der Waals surface area contributed by atoms with Crippen LogP contribution >= 0.6 is 23.2 Å². The highest BCUT2D eigenvalue weighted by molar-refractivity contribution is 6.43. The molecule has 1 aromatic rings. The van der Waals surface area contributed by atoms with Gasteiger partial charge in [0.1, 0.15) is 0 Å². The van der Waals surface area contributed by atoms with Crippen molar-refractivity contribution in [3.8, 4) is 0 Å². The Morgan fingerprint density at radius 1 is 1.18 bits per heavy atom. The Morgan fingerprint density at radius 2 is 1.59 bits per heavy atom. The van der Waals surface area contributed by atoms with E-state index in [0.717, 1.165) is 4.90 Å². The summed E-state index contributed by atoms with van der Waals surface area (Å²) in [6, 6.07) is 2.19. The highest BCUT2D eigenvalue weighted by atomic mass is 35.5. The van der Waals surface area contributed by atoms with Crippen molar-refractivity contribution in [2.75, 3.05) is 6.61 Å². The van der Waals surface area contributed by atoms with Crippen molar-refractivity contribution >= 4 is 35.0 Å². The summed E-state index contributed by atoms with van der Waals surface area (Å²) in [5.41, 5.74) is 0.453. The number of halogens is 2. The van der Waals surface area contributed by atoms with Crippen LogP contribution < -0.4 is 0 Å². The second-order valence-corrected chi connectivity index (χ2v) is 4.64. The van der Waals surface area contributed by atoms with Crippen LogP contribution in [0.15, 0.2) is 12.1 Å². The van der Waals surface area contributed by atoms with Crippen molar-refractivity contribution in [1.29, 1.82) is 0 Å². The van der Waals surface area contributed by atoms with Crippen molar-refractivity contribution in [2.24, 2.45) is 0 Å². The molecule has 1 heterocycles. The maximum absolute atomic E-state index is 12.0. The SMILES string of the molecule is CC(CO)N1C(=O)c2cc(Cl)c(Cl)cc2C1=O. The van der Waals surface area contributed by atoms with Crippen LogP contribution in [0.4, 0.5) is 0 Å². The molecule has 2 amide bonds. The monoisotopic (exact) mass is 273 g/mol. The van der Waals surface area contributed by atoms with E-state index < -0.39 is 17.9 Å². The van der Waals surface area contributed by atoms with Gasteiger partial charge in [-0.3, -0.25) is 14.5 Å². The zero-order valence-electron chi connectivity index (χ0n) is 8.91. The first kappa shape index (κ1) is 12.4. The predicted octanol–water partition coefficient (Wildman–Crippen LogP) is 1.97. The molecule has 1 N–H and O–H groups in total. The van der Waals surface area contributed by atoms with Gasteiger partial charge < -0.3 is 5.11 Å². The molecule has 90 valence electrons. The van der Waals surface area contributed by atoms with Gasteiger partial charge in [-0.1, -0.05) is 23.2 Å². The van der Waals surface area contributed by atoms with Crippen molar-refractivity contribution in [1.82, 2.24) is 4.90 Å². The van der Waals surface area contributed by atoms with Gasteiger partial charge in [-0.15, -0.1) is 0 Å². The fourth-order valence-corrected chi connectivity index (χ4v) is 2.06. The number of aliphatic hydroxyl groups is 1. The zero-order valence-corrected chi connectivity index (χ0v) is 10.4. The molecular formula is C11H9Cl2NO3. The summed E-state index contributed by atoms with van der Waals surface area (Å²) in [6.45, 7) is 1.30. The van der Waals surface area contributed by atoms with E-state index in [1.54, 1.807) is 6.92 Å². The summed E-state index contributed by atoms with van der Waals surface area (Å²) in [4.78, 5) is 24.9. The second kappa shape index (κ2) is 4.29. The highest BCUT2D eigenvalue weighted by Gasteiger charge is 2.38. The van der Waals surface area contributed by atoms with E-state index in [1.165, 1.54) is 12.1 Å². The number of imide groups is 1. The van der Waals surface area contributed by atoms with Gasteiger partial charge in [0.15, 0.2) is 0 Å². The number of fused-ring (bicyclic) bond motifs is 1. The molecular weight excluding hydrogens is 265 g/mol. The Balaban J connectivity index is 2.53. The normalized spacial score (nSPS) is 16.4. The Morgan fingerprint density at radius 3 is 1.94 bits per heavy atom. The number of carbonyl (C=O) groups is 2. The third-order valence-electron chi connectivity index (χ3n) is 2.66. The molecule has 0 saturated carbocycles. The molecule has 0 bridgehead atoms. The highest BCUT2D eigenvalue weighted by Crippen LogP contribution is 2.32. The van der Waals surface area contributed by atoms with E-state index >= 15 is 0 Å². The van der Waals surface area contributed by atoms with Gasteiger partial charge in [0.25, 0.3) is 11.8 Å². The minimum atomic E-state index is -0.569. The summed E-state index contributed by atoms with van der Waals surface area (Å²) in [7, 11) is 0. The average molecular weight is 274 g/mol. The largest absolute Gasteiger partial charge is 0.394 e. The van der Waals surface area contributed by atoms with E-state index in [4.69, 9.17) is 28.3 Å². The van der Waals surface area contributed by atoms with Gasteiger partial charge in [-0.05, 0) is 19.1 Å². The molecule has 1 aliphatic rings. The van der Waals surface area contributed by atoms with E-state index in [2.05, 4.69) is 0 Å². The first-order valence-corrected chi connectivity index (χ1v) is 5.70. The number of hydrogen-bond acceptors (Lipinski definition) is 3. The molecule has 2 rings (SSSR count). The number of benzene rings is 1. The van der Waals surface area contributed by atoms with Crippen LogP contribution in [-0.4, -0.2) is 34.5 Å². The van der Waals surface area contributed by atoms with E-state index in [9.17, 15) is 9.59 Å². The lowest BCUT2D eigenvalue weighted by Crippen LogP contribution is -2.40. The van der Waals surface area contributed by atoms with Crippen LogP contribution in [-0.2, 0) is 0 Å². The molecule has 0 spiro atoms. The molecule has 1 atom stereocenters. The maximum atomic E-state index is 12.0. The molecule has 0 saturated heterocycles. The van der Waals surface area contributed by atoms with Crippen molar-refractivity contribution in [2.45, 2.75) is 13.0 Å². The van der Waals surface area contributed by atoms with Crippen LogP contribution in [0.25, 0.3) is 0 Å². The first-order chi connectivity index (χ1) is 7.97. The number of nitrogens with zero attached hydrogens (tertiary/aromatic N) is 1. The van der Waals surface area contributed by atoms with Crippen LogP contribution in [0.2, 0.25) is 10.0 Å². The summed E-state index contributed by atoms with van der Waals surface area (Å²) < 4.78 is 0. The van der Waals surface area contributed by atoms with E-state index in [0.29, 0.717) is 0 Å². The maximum Gasteiger partial charge on any atom is 0.261 e. The summed E-state index contributed by atoms with van der Waals surface area (Å²) in [5, 5.41) is 9.47. The van der Waals surface area contributed by atoms with Crippen LogP contribution in [0.3, 0.4) is 0 Å². The quantitative estimate of drug-likeness (QED) is 0.839. The fourth-order valence-electron chi connectivity index (χ4n) is 1.73. The lowest BCUT2D eigenvalue weighted by atomic mass is 10.1. The molecule has 0 fully saturated rings. The lowest BCUT2D eigenvalue weighted by Gasteiger charge is -2.19. The molecule has 0 aliphatic carbocycles. The third kappa shape index (κ3) is 1.82.